The summed E-state index contributed by atoms with van der Waals surface area (Å²) >= 11 is 11.9. The van der Waals surface area contributed by atoms with E-state index in [-0.39, 0.29) is 0 Å². The third-order valence-electron chi connectivity index (χ3n) is 3.67. The molecule has 1 saturated heterocycles. The van der Waals surface area contributed by atoms with Gasteiger partial charge in [0.05, 0.1) is 6.04 Å². The minimum Gasteiger partial charge on any atom is -0.364 e. The van der Waals surface area contributed by atoms with E-state index in [0.717, 1.165) is 16.6 Å². The summed E-state index contributed by atoms with van der Waals surface area (Å²) < 4.78 is 0. The topological polar surface area (TPSA) is 3.24 Å². The van der Waals surface area contributed by atoms with Crippen LogP contribution in [-0.2, 0) is 0 Å². The molecule has 0 unspecified atom stereocenters. The molecule has 19 heavy (non-hydrogen) atoms. The Bertz CT molecular complexity index is 496. The van der Waals surface area contributed by atoms with Crippen LogP contribution in [0.5, 0.6) is 0 Å². The van der Waals surface area contributed by atoms with E-state index in [1.807, 2.05) is 24.3 Å². The summed E-state index contributed by atoms with van der Waals surface area (Å²) in [7, 11) is 0. The van der Waals surface area contributed by atoms with E-state index in [0.29, 0.717) is 6.04 Å². The molecule has 1 heterocycles. The van der Waals surface area contributed by atoms with Crippen molar-refractivity contribution < 1.29 is 0 Å². The summed E-state index contributed by atoms with van der Waals surface area (Å²) in [5, 5.41) is 1.57. The van der Waals surface area contributed by atoms with Crippen molar-refractivity contribution in [2.24, 2.45) is 0 Å². The van der Waals surface area contributed by atoms with Crippen molar-refractivity contribution in [1.82, 2.24) is 0 Å². The van der Waals surface area contributed by atoms with Gasteiger partial charge in [0, 0.05) is 22.3 Å². The summed E-state index contributed by atoms with van der Waals surface area (Å²) in [4.78, 5) is 2.44. The quantitative estimate of drug-likeness (QED) is 0.722. The van der Waals surface area contributed by atoms with Crippen molar-refractivity contribution in [2.75, 3.05) is 11.4 Å². The zero-order chi connectivity index (χ0) is 13.2. The molecule has 0 radical (unpaired) electrons. The number of benzene rings is 2. The molecule has 0 aromatic heterocycles. The lowest BCUT2D eigenvalue weighted by molar-refractivity contribution is 0.719. The molecular formula is C16H15Cl2N. The van der Waals surface area contributed by atoms with Gasteiger partial charge < -0.3 is 4.90 Å². The minimum atomic E-state index is 0.443. The standard InChI is InChI=1S/C16H15Cl2N/c17-13-5-3-12(4-6-13)16-2-1-11-19(16)15-9-7-14(18)8-10-15/h3-10,16H,1-2,11H2/t16-/m1/s1. The van der Waals surface area contributed by atoms with Crippen molar-refractivity contribution in [3.63, 3.8) is 0 Å². The number of rotatable bonds is 2. The lowest BCUT2D eigenvalue weighted by Gasteiger charge is -2.27. The van der Waals surface area contributed by atoms with E-state index in [9.17, 15) is 0 Å². The van der Waals surface area contributed by atoms with Crippen LogP contribution in [0.2, 0.25) is 10.0 Å². The van der Waals surface area contributed by atoms with Crippen molar-refractivity contribution in [3.05, 3.63) is 64.1 Å². The Morgan fingerprint density at radius 2 is 1.42 bits per heavy atom. The molecule has 0 bridgehead atoms. The fraction of sp³-hybridized carbons (Fsp3) is 0.250. The molecule has 98 valence electrons. The van der Waals surface area contributed by atoms with Crippen molar-refractivity contribution >= 4 is 28.9 Å². The number of hydrogen-bond acceptors (Lipinski definition) is 1. The van der Waals surface area contributed by atoms with E-state index in [1.54, 1.807) is 0 Å². The predicted molar refractivity (Wildman–Crippen MR) is 82.2 cm³/mol. The van der Waals surface area contributed by atoms with Crippen molar-refractivity contribution in [1.29, 1.82) is 0 Å². The molecule has 0 N–H and O–H groups in total. The van der Waals surface area contributed by atoms with Gasteiger partial charge in [0.15, 0.2) is 0 Å². The number of hydrogen-bond donors (Lipinski definition) is 0. The highest BCUT2D eigenvalue weighted by molar-refractivity contribution is 6.30. The van der Waals surface area contributed by atoms with Crippen molar-refractivity contribution in [2.45, 2.75) is 18.9 Å². The summed E-state index contributed by atoms with van der Waals surface area (Å²) in [5.74, 6) is 0. The zero-order valence-corrected chi connectivity index (χ0v) is 12.0. The summed E-state index contributed by atoms with van der Waals surface area (Å²) in [6, 6.07) is 16.7. The highest BCUT2D eigenvalue weighted by atomic mass is 35.5. The monoisotopic (exact) mass is 291 g/mol. The van der Waals surface area contributed by atoms with Gasteiger partial charge in [-0.25, -0.2) is 0 Å². The van der Waals surface area contributed by atoms with Crippen molar-refractivity contribution in [3.8, 4) is 0 Å². The van der Waals surface area contributed by atoms with Gasteiger partial charge in [-0.1, -0.05) is 35.3 Å². The molecule has 1 fully saturated rings. The van der Waals surface area contributed by atoms with E-state index in [4.69, 9.17) is 23.2 Å². The molecule has 2 aromatic rings. The SMILES string of the molecule is Clc1ccc([C@H]2CCCN2c2ccc(Cl)cc2)cc1. The Morgan fingerprint density at radius 3 is 2.05 bits per heavy atom. The molecule has 3 heteroatoms. The van der Waals surface area contributed by atoms with E-state index in [1.165, 1.54) is 24.1 Å². The maximum absolute atomic E-state index is 5.96. The smallest absolute Gasteiger partial charge is 0.0543 e. The first-order valence-electron chi connectivity index (χ1n) is 6.52. The van der Waals surface area contributed by atoms with Crippen LogP contribution in [0.4, 0.5) is 5.69 Å². The maximum atomic E-state index is 5.96. The summed E-state index contributed by atoms with van der Waals surface area (Å²) in [6.07, 6.45) is 2.40. The largest absolute Gasteiger partial charge is 0.364 e. The van der Waals surface area contributed by atoms with Gasteiger partial charge in [-0.2, -0.15) is 0 Å². The lowest BCUT2D eigenvalue weighted by atomic mass is 10.0. The van der Waals surface area contributed by atoms with Gasteiger partial charge >= 0.3 is 0 Å². The number of anilines is 1. The first-order chi connectivity index (χ1) is 9.24. The highest BCUT2D eigenvalue weighted by Gasteiger charge is 2.25. The van der Waals surface area contributed by atoms with Crippen LogP contribution in [0, 0.1) is 0 Å². The van der Waals surface area contributed by atoms with E-state index >= 15 is 0 Å². The Hall–Kier alpha value is -1.18. The van der Waals surface area contributed by atoms with Gasteiger partial charge in [0.1, 0.15) is 0 Å². The molecule has 1 aliphatic heterocycles. The fourth-order valence-electron chi connectivity index (χ4n) is 2.74. The summed E-state index contributed by atoms with van der Waals surface area (Å²) in [5.41, 5.74) is 2.57. The number of nitrogens with zero attached hydrogens (tertiary/aromatic N) is 1. The summed E-state index contributed by atoms with van der Waals surface area (Å²) in [6.45, 7) is 1.09. The second kappa shape index (κ2) is 5.44. The average molecular weight is 292 g/mol. The van der Waals surface area contributed by atoms with Gasteiger partial charge in [-0.15, -0.1) is 0 Å². The highest BCUT2D eigenvalue weighted by Crippen LogP contribution is 2.36. The Kier molecular flexibility index (Phi) is 3.67. The first kappa shape index (κ1) is 12.8. The predicted octanol–water partition coefficient (Wildman–Crippen LogP) is 5.33. The maximum Gasteiger partial charge on any atom is 0.0543 e. The molecule has 1 nitrogen and oxygen atoms in total. The molecule has 0 saturated carbocycles. The van der Waals surface area contributed by atoms with Crippen LogP contribution in [0.1, 0.15) is 24.4 Å². The van der Waals surface area contributed by atoms with Crippen LogP contribution in [0.15, 0.2) is 48.5 Å². The Labute approximate surface area is 123 Å². The fourth-order valence-corrected chi connectivity index (χ4v) is 2.99. The third-order valence-corrected chi connectivity index (χ3v) is 4.17. The molecular weight excluding hydrogens is 277 g/mol. The molecule has 2 aromatic carbocycles. The molecule has 0 aliphatic carbocycles. The van der Waals surface area contributed by atoms with Crippen LogP contribution in [0.25, 0.3) is 0 Å². The van der Waals surface area contributed by atoms with Crippen LogP contribution in [-0.4, -0.2) is 6.54 Å². The van der Waals surface area contributed by atoms with E-state index in [2.05, 4.69) is 29.2 Å². The molecule has 3 rings (SSSR count). The second-order valence-electron chi connectivity index (χ2n) is 4.88. The van der Waals surface area contributed by atoms with Gasteiger partial charge in [0.2, 0.25) is 0 Å². The molecule has 0 spiro atoms. The first-order valence-corrected chi connectivity index (χ1v) is 7.27. The van der Waals surface area contributed by atoms with E-state index < -0.39 is 0 Å². The molecule has 1 atom stereocenters. The normalized spacial score (nSPS) is 18.8. The molecule has 0 amide bonds. The van der Waals surface area contributed by atoms with Gasteiger partial charge in [0.25, 0.3) is 0 Å². The minimum absolute atomic E-state index is 0.443. The Balaban J connectivity index is 1.89. The average Bonchev–Trinajstić information content (AvgIpc) is 2.90. The van der Waals surface area contributed by atoms with Gasteiger partial charge in [-0.05, 0) is 54.8 Å². The Morgan fingerprint density at radius 1 is 0.842 bits per heavy atom. The number of halogens is 2. The zero-order valence-electron chi connectivity index (χ0n) is 10.5. The van der Waals surface area contributed by atoms with Gasteiger partial charge in [-0.3, -0.25) is 0 Å². The second-order valence-corrected chi connectivity index (χ2v) is 5.75. The van der Waals surface area contributed by atoms with Crippen LogP contribution in [0.3, 0.4) is 0 Å². The van der Waals surface area contributed by atoms with Crippen LogP contribution < -0.4 is 4.90 Å². The lowest BCUT2D eigenvalue weighted by Crippen LogP contribution is -2.22. The third kappa shape index (κ3) is 2.72. The molecule has 1 aliphatic rings. The van der Waals surface area contributed by atoms with Crippen LogP contribution >= 0.6 is 23.2 Å².